The van der Waals surface area contributed by atoms with Gasteiger partial charge in [-0.2, -0.15) is 5.26 Å². The predicted octanol–water partition coefficient (Wildman–Crippen LogP) is 1.74. The van der Waals surface area contributed by atoms with Gasteiger partial charge < -0.3 is 5.32 Å². The summed E-state index contributed by atoms with van der Waals surface area (Å²) in [5, 5.41) is 12.5. The van der Waals surface area contributed by atoms with E-state index < -0.39 is 0 Å². The van der Waals surface area contributed by atoms with Crippen molar-refractivity contribution in [2.45, 2.75) is 25.9 Å². The smallest absolute Gasteiger partial charge is 0.0995 e. The van der Waals surface area contributed by atoms with Crippen molar-refractivity contribution in [2.75, 3.05) is 19.6 Å². The minimum atomic E-state index is 0.154. The van der Waals surface area contributed by atoms with Crippen molar-refractivity contribution < 1.29 is 0 Å². The third-order valence-electron chi connectivity index (χ3n) is 3.47. The van der Waals surface area contributed by atoms with Crippen molar-refractivity contribution in [2.24, 2.45) is 0 Å². The van der Waals surface area contributed by atoms with Crippen molar-refractivity contribution in [3.05, 3.63) is 35.4 Å². The van der Waals surface area contributed by atoms with Gasteiger partial charge in [0.05, 0.1) is 11.6 Å². The van der Waals surface area contributed by atoms with Gasteiger partial charge in [0.15, 0.2) is 0 Å². The fourth-order valence-corrected chi connectivity index (χ4v) is 2.29. The Morgan fingerprint density at radius 1 is 1.41 bits per heavy atom. The SMILES string of the molecule is CC1(C)CNCCN1Cc1ccccc1C#N. The fraction of sp³-hybridized carbons (Fsp3) is 0.500. The Labute approximate surface area is 103 Å². The molecule has 90 valence electrons. The molecule has 1 aromatic rings. The van der Waals surface area contributed by atoms with Crippen molar-refractivity contribution in [3.63, 3.8) is 0 Å². The van der Waals surface area contributed by atoms with E-state index in [-0.39, 0.29) is 5.54 Å². The molecule has 0 saturated carbocycles. The van der Waals surface area contributed by atoms with Gasteiger partial charge in [0, 0.05) is 31.7 Å². The summed E-state index contributed by atoms with van der Waals surface area (Å²) in [6, 6.07) is 10.1. The lowest BCUT2D eigenvalue weighted by molar-refractivity contribution is 0.0827. The van der Waals surface area contributed by atoms with E-state index in [4.69, 9.17) is 5.26 Å². The second-order valence-electron chi connectivity index (χ2n) is 5.18. The maximum atomic E-state index is 9.10. The molecule has 0 bridgehead atoms. The highest BCUT2D eigenvalue weighted by Crippen LogP contribution is 2.20. The maximum absolute atomic E-state index is 9.10. The molecule has 1 heterocycles. The van der Waals surface area contributed by atoms with E-state index in [0.717, 1.165) is 37.3 Å². The summed E-state index contributed by atoms with van der Waals surface area (Å²) in [5.41, 5.74) is 2.08. The molecule has 0 aromatic heterocycles. The zero-order chi connectivity index (χ0) is 12.3. The monoisotopic (exact) mass is 229 g/mol. The van der Waals surface area contributed by atoms with Crippen LogP contribution < -0.4 is 5.32 Å². The van der Waals surface area contributed by atoms with Crippen LogP contribution in [0.5, 0.6) is 0 Å². The molecule has 0 radical (unpaired) electrons. The number of nitriles is 1. The molecule has 0 amide bonds. The van der Waals surface area contributed by atoms with Gasteiger partial charge in [0.1, 0.15) is 0 Å². The molecular formula is C14H19N3. The Morgan fingerprint density at radius 2 is 2.18 bits per heavy atom. The summed E-state index contributed by atoms with van der Waals surface area (Å²) in [4.78, 5) is 2.44. The molecule has 0 atom stereocenters. The molecule has 0 spiro atoms. The molecule has 2 rings (SSSR count). The highest BCUT2D eigenvalue weighted by molar-refractivity contribution is 5.37. The van der Waals surface area contributed by atoms with Gasteiger partial charge in [-0.25, -0.2) is 0 Å². The minimum absolute atomic E-state index is 0.154. The van der Waals surface area contributed by atoms with E-state index in [9.17, 15) is 0 Å². The number of hydrogen-bond acceptors (Lipinski definition) is 3. The van der Waals surface area contributed by atoms with Crippen molar-refractivity contribution in [3.8, 4) is 6.07 Å². The molecule has 0 unspecified atom stereocenters. The second kappa shape index (κ2) is 4.87. The average molecular weight is 229 g/mol. The van der Waals surface area contributed by atoms with Crippen LogP contribution in [-0.2, 0) is 6.54 Å². The molecule has 1 saturated heterocycles. The lowest BCUT2D eigenvalue weighted by Crippen LogP contribution is -2.57. The van der Waals surface area contributed by atoms with Crippen LogP contribution in [0.2, 0.25) is 0 Å². The lowest BCUT2D eigenvalue weighted by Gasteiger charge is -2.43. The summed E-state index contributed by atoms with van der Waals surface area (Å²) in [6.07, 6.45) is 0. The Bertz CT molecular complexity index is 431. The first-order valence-corrected chi connectivity index (χ1v) is 6.07. The first-order chi connectivity index (χ1) is 8.13. The van der Waals surface area contributed by atoms with E-state index in [0.29, 0.717) is 0 Å². The summed E-state index contributed by atoms with van der Waals surface area (Å²) in [6.45, 7) is 8.41. The predicted molar refractivity (Wildman–Crippen MR) is 68.5 cm³/mol. The zero-order valence-electron chi connectivity index (χ0n) is 10.5. The second-order valence-corrected chi connectivity index (χ2v) is 5.18. The molecule has 0 aliphatic carbocycles. The maximum Gasteiger partial charge on any atom is 0.0995 e. The third kappa shape index (κ3) is 2.66. The van der Waals surface area contributed by atoms with Crippen LogP contribution in [0.3, 0.4) is 0 Å². The van der Waals surface area contributed by atoms with Crippen molar-refractivity contribution >= 4 is 0 Å². The van der Waals surface area contributed by atoms with E-state index in [1.54, 1.807) is 0 Å². The summed E-state index contributed by atoms with van der Waals surface area (Å²) in [7, 11) is 0. The van der Waals surface area contributed by atoms with Crippen LogP contribution >= 0.6 is 0 Å². The van der Waals surface area contributed by atoms with E-state index in [1.807, 2.05) is 18.2 Å². The van der Waals surface area contributed by atoms with Crippen molar-refractivity contribution in [1.82, 2.24) is 10.2 Å². The molecule has 1 fully saturated rings. The molecule has 1 aliphatic rings. The first kappa shape index (κ1) is 12.1. The largest absolute Gasteiger partial charge is 0.314 e. The number of nitrogens with one attached hydrogen (secondary N) is 1. The third-order valence-corrected chi connectivity index (χ3v) is 3.47. The lowest BCUT2D eigenvalue weighted by atomic mass is 9.98. The number of rotatable bonds is 2. The Morgan fingerprint density at radius 3 is 2.88 bits per heavy atom. The van der Waals surface area contributed by atoms with Gasteiger partial charge in [-0.15, -0.1) is 0 Å². The topological polar surface area (TPSA) is 39.1 Å². The first-order valence-electron chi connectivity index (χ1n) is 6.07. The number of piperazine rings is 1. The molecule has 17 heavy (non-hydrogen) atoms. The fourth-order valence-electron chi connectivity index (χ4n) is 2.29. The summed E-state index contributed by atoms with van der Waals surface area (Å²) in [5.74, 6) is 0. The average Bonchev–Trinajstić information content (AvgIpc) is 2.32. The molecule has 1 N–H and O–H groups in total. The minimum Gasteiger partial charge on any atom is -0.314 e. The Kier molecular flexibility index (Phi) is 3.46. The van der Waals surface area contributed by atoms with Gasteiger partial charge in [0.25, 0.3) is 0 Å². The quantitative estimate of drug-likeness (QED) is 0.839. The molecule has 3 heteroatoms. The molecule has 3 nitrogen and oxygen atoms in total. The van der Waals surface area contributed by atoms with Crippen LogP contribution in [0.4, 0.5) is 0 Å². The highest BCUT2D eigenvalue weighted by Gasteiger charge is 2.29. The van der Waals surface area contributed by atoms with Gasteiger partial charge >= 0.3 is 0 Å². The summed E-state index contributed by atoms with van der Waals surface area (Å²) < 4.78 is 0. The van der Waals surface area contributed by atoms with Crippen LogP contribution in [0, 0.1) is 11.3 Å². The normalized spacial score (nSPS) is 19.8. The van der Waals surface area contributed by atoms with E-state index in [2.05, 4.69) is 36.2 Å². The summed E-state index contributed by atoms with van der Waals surface area (Å²) >= 11 is 0. The molecular weight excluding hydrogens is 210 g/mol. The van der Waals surface area contributed by atoms with Gasteiger partial charge in [-0.1, -0.05) is 18.2 Å². The van der Waals surface area contributed by atoms with E-state index >= 15 is 0 Å². The van der Waals surface area contributed by atoms with E-state index in [1.165, 1.54) is 0 Å². The standard InChI is InChI=1S/C14H19N3/c1-14(2)11-16-7-8-17(14)10-13-6-4-3-5-12(13)9-15/h3-6,16H,7-8,10-11H2,1-2H3. The Balaban J connectivity index is 2.17. The van der Waals surface area contributed by atoms with Crippen LogP contribution in [0.1, 0.15) is 25.0 Å². The van der Waals surface area contributed by atoms with Crippen molar-refractivity contribution in [1.29, 1.82) is 5.26 Å². The molecule has 1 aromatic carbocycles. The van der Waals surface area contributed by atoms with Gasteiger partial charge in [0.2, 0.25) is 0 Å². The number of benzene rings is 1. The number of hydrogen-bond donors (Lipinski definition) is 1. The van der Waals surface area contributed by atoms with Crippen LogP contribution in [0.15, 0.2) is 24.3 Å². The molecule has 1 aliphatic heterocycles. The number of nitrogens with zero attached hydrogens (tertiary/aromatic N) is 2. The van der Waals surface area contributed by atoms with Gasteiger partial charge in [-0.3, -0.25) is 4.90 Å². The zero-order valence-corrected chi connectivity index (χ0v) is 10.5. The van der Waals surface area contributed by atoms with Crippen LogP contribution in [0.25, 0.3) is 0 Å². The highest BCUT2D eigenvalue weighted by atomic mass is 15.2. The van der Waals surface area contributed by atoms with Crippen LogP contribution in [-0.4, -0.2) is 30.1 Å². The van der Waals surface area contributed by atoms with Gasteiger partial charge in [-0.05, 0) is 25.5 Å². The Hall–Kier alpha value is -1.37.